The largest absolute Gasteiger partial charge is 0.493 e. The van der Waals surface area contributed by atoms with Gasteiger partial charge in [-0.05, 0) is 84.6 Å². The molecule has 0 unspecified atom stereocenters. The van der Waals surface area contributed by atoms with Gasteiger partial charge in [-0.25, -0.2) is 4.98 Å². The molecule has 0 amide bonds. The van der Waals surface area contributed by atoms with Crippen molar-refractivity contribution in [2.75, 3.05) is 32.2 Å². The van der Waals surface area contributed by atoms with Crippen LogP contribution in [0.4, 0.5) is 5.69 Å². The Morgan fingerprint density at radius 2 is 1.08 bits per heavy atom. The number of anilines is 1. The fraction of sp³-hybridized carbons (Fsp3) is 0.171. The molecule has 0 bridgehead atoms. The van der Waals surface area contributed by atoms with E-state index in [1.54, 1.807) is 0 Å². The lowest BCUT2D eigenvalue weighted by molar-refractivity contribution is 0.341. The van der Waals surface area contributed by atoms with Gasteiger partial charge in [0.25, 0.3) is 0 Å². The van der Waals surface area contributed by atoms with E-state index in [1.807, 2.05) is 50.2 Å². The standard InChI is InChI=1S/C35H34N2O2/c1-5-38-34-18-12-10-16-29(34)32-22-26(23-33(36-32)30-17-11-13-19-35(30)39-6-2)31-24-27(37(3)4)20-21-28(31)25-14-8-7-9-15-25/h7-24H,5-6H2,1-4H3. The molecule has 0 aliphatic carbocycles. The summed E-state index contributed by atoms with van der Waals surface area (Å²) in [4.78, 5) is 7.31. The van der Waals surface area contributed by atoms with E-state index in [1.165, 1.54) is 11.1 Å². The second-order valence-corrected chi connectivity index (χ2v) is 9.47. The van der Waals surface area contributed by atoms with Crippen LogP contribution in [0.3, 0.4) is 0 Å². The van der Waals surface area contributed by atoms with Crippen molar-refractivity contribution in [3.63, 3.8) is 0 Å². The molecule has 0 spiro atoms. The molecule has 0 radical (unpaired) electrons. The summed E-state index contributed by atoms with van der Waals surface area (Å²) in [5, 5.41) is 0. The molecule has 4 heteroatoms. The van der Waals surface area contributed by atoms with E-state index < -0.39 is 0 Å². The molecule has 4 aromatic carbocycles. The highest BCUT2D eigenvalue weighted by Crippen LogP contribution is 2.40. The Labute approximate surface area is 231 Å². The first-order valence-corrected chi connectivity index (χ1v) is 13.4. The first-order chi connectivity index (χ1) is 19.1. The van der Waals surface area contributed by atoms with Crippen molar-refractivity contribution in [2.24, 2.45) is 0 Å². The van der Waals surface area contributed by atoms with Gasteiger partial charge in [-0.3, -0.25) is 0 Å². The summed E-state index contributed by atoms with van der Waals surface area (Å²) in [5.41, 5.74) is 9.31. The Kier molecular flexibility index (Phi) is 7.93. The Morgan fingerprint density at radius 1 is 0.538 bits per heavy atom. The molecule has 196 valence electrons. The topological polar surface area (TPSA) is 34.6 Å². The van der Waals surface area contributed by atoms with Crippen LogP contribution in [0.1, 0.15) is 13.8 Å². The van der Waals surface area contributed by atoms with Gasteiger partial charge in [-0.15, -0.1) is 0 Å². The van der Waals surface area contributed by atoms with E-state index >= 15 is 0 Å². The second-order valence-electron chi connectivity index (χ2n) is 9.47. The Bertz CT molecular complexity index is 1490. The number of benzene rings is 4. The minimum absolute atomic E-state index is 0.583. The zero-order chi connectivity index (χ0) is 27.2. The van der Waals surface area contributed by atoms with Gasteiger partial charge < -0.3 is 14.4 Å². The van der Waals surface area contributed by atoms with Crippen LogP contribution < -0.4 is 14.4 Å². The van der Waals surface area contributed by atoms with Crippen LogP contribution in [-0.4, -0.2) is 32.3 Å². The third-order valence-electron chi connectivity index (χ3n) is 6.67. The van der Waals surface area contributed by atoms with Crippen LogP contribution in [0.5, 0.6) is 11.5 Å². The number of ether oxygens (including phenoxy) is 2. The molecular formula is C35H34N2O2. The van der Waals surface area contributed by atoms with Gasteiger partial charge >= 0.3 is 0 Å². The zero-order valence-electron chi connectivity index (χ0n) is 23.0. The Hall–Kier alpha value is -4.57. The summed E-state index contributed by atoms with van der Waals surface area (Å²) in [6, 6.07) is 37.7. The van der Waals surface area contributed by atoms with E-state index in [0.29, 0.717) is 13.2 Å². The van der Waals surface area contributed by atoms with Crippen LogP contribution >= 0.6 is 0 Å². The summed E-state index contributed by atoms with van der Waals surface area (Å²) < 4.78 is 12.0. The normalized spacial score (nSPS) is 10.8. The van der Waals surface area contributed by atoms with Crippen molar-refractivity contribution in [1.29, 1.82) is 0 Å². The molecule has 0 aliphatic heterocycles. The fourth-order valence-electron chi connectivity index (χ4n) is 4.80. The van der Waals surface area contributed by atoms with Gasteiger partial charge in [-0.1, -0.05) is 60.7 Å². The maximum atomic E-state index is 6.02. The predicted molar refractivity (Wildman–Crippen MR) is 163 cm³/mol. The monoisotopic (exact) mass is 514 g/mol. The molecule has 0 N–H and O–H groups in total. The molecule has 0 saturated carbocycles. The molecule has 5 rings (SSSR count). The lowest BCUT2D eigenvalue weighted by atomic mass is 9.92. The highest BCUT2D eigenvalue weighted by molar-refractivity contribution is 5.89. The van der Waals surface area contributed by atoms with Crippen LogP contribution in [0.2, 0.25) is 0 Å². The molecule has 39 heavy (non-hydrogen) atoms. The number of hydrogen-bond donors (Lipinski definition) is 0. The summed E-state index contributed by atoms with van der Waals surface area (Å²) in [6.07, 6.45) is 0. The number of para-hydroxylation sites is 2. The molecular weight excluding hydrogens is 480 g/mol. The molecule has 0 atom stereocenters. The van der Waals surface area contributed by atoms with Gasteiger partial charge in [-0.2, -0.15) is 0 Å². The Morgan fingerprint density at radius 3 is 1.62 bits per heavy atom. The number of aromatic nitrogens is 1. The smallest absolute Gasteiger partial charge is 0.128 e. The van der Waals surface area contributed by atoms with Crippen LogP contribution in [-0.2, 0) is 0 Å². The minimum atomic E-state index is 0.583. The first kappa shape index (κ1) is 26.1. The maximum absolute atomic E-state index is 6.02. The van der Waals surface area contributed by atoms with Crippen molar-refractivity contribution < 1.29 is 9.47 Å². The van der Waals surface area contributed by atoms with Gasteiger partial charge in [0.1, 0.15) is 11.5 Å². The molecule has 1 heterocycles. The van der Waals surface area contributed by atoms with Gasteiger partial charge in [0.15, 0.2) is 0 Å². The van der Waals surface area contributed by atoms with Gasteiger partial charge in [0.05, 0.1) is 24.6 Å². The maximum Gasteiger partial charge on any atom is 0.128 e. The predicted octanol–water partition coefficient (Wildman–Crippen LogP) is 8.61. The number of nitrogens with zero attached hydrogens (tertiary/aromatic N) is 2. The zero-order valence-corrected chi connectivity index (χ0v) is 23.0. The summed E-state index contributed by atoms with van der Waals surface area (Å²) in [5.74, 6) is 1.64. The van der Waals surface area contributed by atoms with Crippen molar-refractivity contribution >= 4 is 5.69 Å². The average Bonchev–Trinajstić information content (AvgIpc) is 2.98. The van der Waals surface area contributed by atoms with Gasteiger partial charge in [0, 0.05) is 30.9 Å². The summed E-state index contributed by atoms with van der Waals surface area (Å²) in [7, 11) is 4.14. The third-order valence-corrected chi connectivity index (χ3v) is 6.67. The minimum Gasteiger partial charge on any atom is -0.493 e. The average molecular weight is 515 g/mol. The highest BCUT2D eigenvalue weighted by atomic mass is 16.5. The molecule has 0 saturated heterocycles. The van der Waals surface area contributed by atoms with Crippen molar-refractivity contribution in [1.82, 2.24) is 4.98 Å². The van der Waals surface area contributed by atoms with Crippen molar-refractivity contribution in [3.05, 3.63) is 109 Å². The van der Waals surface area contributed by atoms with E-state index in [0.717, 1.165) is 50.8 Å². The SMILES string of the molecule is CCOc1ccccc1-c1cc(-c2cc(N(C)C)ccc2-c2ccccc2)cc(-c2ccccc2OCC)n1. The molecule has 0 fully saturated rings. The fourth-order valence-corrected chi connectivity index (χ4v) is 4.80. The van der Waals surface area contributed by atoms with Crippen LogP contribution in [0.25, 0.3) is 44.8 Å². The molecule has 0 aliphatic rings. The van der Waals surface area contributed by atoms with Gasteiger partial charge in [0.2, 0.25) is 0 Å². The van der Waals surface area contributed by atoms with E-state index in [2.05, 4.69) is 91.8 Å². The molecule has 4 nitrogen and oxygen atoms in total. The number of rotatable bonds is 9. The lowest BCUT2D eigenvalue weighted by Gasteiger charge is -2.19. The molecule has 1 aromatic heterocycles. The van der Waals surface area contributed by atoms with E-state index in [4.69, 9.17) is 14.5 Å². The Balaban J connectivity index is 1.80. The first-order valence-electron chi connectivity index (χ1n) is 13.4. The van der Waals surface area contributed by atoms with Crippen molar-refractivity contribution in [3.8, 4) is 56.3 Å². The highest BCUT2D eigenvalue weighted by Gasteiger charge is 2.17. The lowest BCUT2D eigenvalue weighted by Crippen LogP contribution is -2.08. The third kappa shape index (κ3) is 5.65. The van der Waals surface area contributed by atoms with E-state index in [-0.39, 0.29) is 0 Å². The number of hydrogen-bond acceptors (Lipinski definition) is 4. The van der Waals surface area contributed by atoms with Crippen LogP contribution in [0, 0.1) is 0 Å². The summed E-state index contributed by atoms with van der Waals surface area (Å²) >= 11 is 0. The molecule has 5 aromatic rings. The number of pyridine rings is 1. The quantitative estimate of drug-likeness (QED) is 0.197. The van der Waals surface area contributed by atoms with E-state index in [9.17, 15) is 0 Å². The summed E-state index contributed by atoms with van der Waals surface area (Å²) in [6.45, 7) is 5.17. The second kappa shape index (κ2) is 11.9. The van der Waals surface area contributed by atoms with Crippen molar-refractivity contribution in [2.45, 2.75) is 13.8 Å². The van der Waals surface area contributed by atoms with Crippen LogP contribution in [0.15, 0.2) is 109 Å².